The summed E-state index contributed by atoms with van der Waals surface area (Å²) in [7, 11) is 0. The summed E-state index contributed by atoms with van der Waals surface area (Å²) in [5.41, 5.74) is 7.90. The molecule has 0 spiro atoms. The Kier molecular flexibility index (Phi) is 3.71. The van der Waals surface area contributed by atoms with Gasteiger partial charge in [0.25, 0.3) is 0 Å². The van der Waals surface area contributed by atoms with Crippen LogP contribution in [0.3, 0.4) is 0 Å². The summed E-state index contributed by atoms with van der Waals surface area (Å²) in [5, 5.41) is 9.39. The molecule has 0 radical (unpaired) electrons. The first kappa shape index (κ1) is 14.5. The van der Waals surface area contributed by atoms with Crippen LogP contribution in [0.4, 0.5) is 5.69 Å². The molecule has 2 N–H and O–H groups in total. The molecule has 5 heteroatoms. The molecule has 3 nitrogen and oxygen atoms in total. The van der Waals surface area contributed by atoms with Crippen molar-refractivity contribution in [2.24, 2.45) is 0 Å². The molecule has 21 heavy (non-hydrogen) atoms. The molecule has 1 aromatic heterocycles. The van der Waals surface area contributed by atoms with Gasteiger partial charge >= 0.3 is 0 Å². The van der Waals surface area contributed by atoms with Crippen molar-refractivity contribution in [2.75, 3.05) is 5.32 Å². The van der Waals surface area contributed by atoms with Crippen LogP contribution >= 0.6 is 23.1 Å². The van der Waals surface area contributed by atoms with Gasteiger partial charge in [0, 0.05) is 5.69 Å². The summed E-state index contributed by atoms with van der Waals surface area (Å²) in [6, 6.07) is 6.36. The topological polar surface area (TPSA) is 37.0 Å². The van der Waals surface area contributed by atoms with Crippen molar-refractivity contribution in [2.45, 2.75) is 32.7 Å². The van der Waals surface area contributed by atoms with E-state index in [0.29, 0.717) is 0 Å². The van der Waals surface area contributed by atoms with Gasteiger partial charge in [0.05, 0.1) is 21.8 Å². The number of hydrogen-bond acceptors (Lipinski definition) is 5. The third-order valence-corrected chi connectivity index (χ3v) is 5.74. The van der Waals surface area contributed by atoms with Gasteiger partial charge in [-0.3, -0.25) is 0 Å². The zero-order valence-electron chi connectivity index (χ0n) is 12.7. The lowest BCUT2D eigenvalue weighted by Gasteiger charge is -2.29. The summed E-state index contributed by atoms with van der Waals surface area (Å²) >= 11 is 3.44. The van der Waals surface area contributed by atoms with E-state index in [0.717, 1.165) is 11.4 Å². The van der Waals surface area contributed by atoms with Crippen molar-refractivity contribution in [3.63, 3.8) is 0 Å². The van der Waals surface area contributed by atoms with E-state index in [1.54, 1.807) is 23.1 Å². The first-order chi connectivity index (χ1) is 9.98. The monoisotopic (exact) mass is 317 g/mol. The van der Waals surface area contributed by atoms with Crippen LogP contribution in [0.25, 0.3) is 5.70 Å². The van der Waals surface area contributed by atoms with Gasteiger partial charge in [-0.2, -0.15) is 0 Å². The first-order valence-electron chi connectivity index (χ1n) is 6.89. The average molecular weight is 317 g/mol. The van der Waals surface area contributed by atoms with Crippen molar-refractivity contribution in [3.8, 4) is 0 Å². The first-order valence-corrected chi connectivity index (χ1v) is 8.65. The smallest absolute Gasteiger partial charge is 0.158 e. The molecule has 0 amide bonds. The molecule has 2 heterocycles. The number of thioether (sulfide) groups is 1. The zero-order chi connectivity index (χ0) is 15.0. The minimum Gasteiger partial charge on any atom is -0.354 e. The van der Waals surface area contributed by atoms with Gasteiger partial charge in [-0.1, -0.05) is 23.9 Å². The number of benzene rings is 1. The highest BCUT2D eigenvalue weighted by Gasteiger charge is 2.31. The number of hydrogen-bond donors (Lipinski definition) is 2. The molecule has 3 rings (SSSR count). The molecule has 1 aliphatic heterocycles. The van der Waals surface area contributed by atoms with E-state index in [2.05, 4.69) is 60.0 Å². The molecule has 0 bridgehead atoms. The fourth-order valence-electron chi connectivity index (χ4n) is 2.37. The molecule has 0 aliphatic carbocycles. The maximum Gasteiger partial charge on any atom is 0.158 e. The Labute approximate surface area is 133 Å². The van der Waals surface area contributed by atoms with Gasteiger partial charge in [-0.25, -0.2) is 4.98 Å². The number of nitrogens with zero attached hydrogens (tertiary/aromatic N) is 1. The van der Waals surface area contributed by atoms with Crippen molar-refractivity contribution in [3.05, 3.63) is 50.8 Å². The Morgan fingerprint density at radius 1 is 1.24 bits per heavy atom. The van der Waals surface area contributed by atoms with Crippen molar-refractivity contribution in [1.82, 2.24) is 10.3 Å². The standard InChI is InChI=1S/C16H19N3S2/c1-10-6-5-7-13(11(10)2)18-16(4)19-14(8-21-16)15-12(3)17-9-20-15/h5-9,18-19H,1-4H3. The van der Waals surface area contributed by atoms with E-state index in [-0.39, 0.29) is 4.99 Å². The quantitative estimate of drug-likeness (QED) is 0.874. The summed E-state index contributed by atoms with van der Waals surface area (Å²) < 4.78 is 0. The van der Waals surface area contributed by atoms with E-state index >= 15 is 0 Å². The lowest BCUT2D eigenvalue weighted by molar-refractivity contribution is 0.681. The molecule has 0 saturated carbocycles. The van der Waals surface area contributed by atoms with Crippen LogP contribution in [0, 0.1) is 20.8 Å². The third kappa shape index (κ3) is 2.80. The van der Waals surface area contributed by atoms with Gasteiger partial charge in [0.2, 0.25) is 0 Å². The number of aromatic nitrogens is 1. The van der Waals surface area contributed by atoms with Gasteiger partial charge < -0.3 is 10.6 Å². The van der Waals surface area contributed by atoms with E-state index in [4.69, 9.17) is 0 Å². The Balaban J connectivity index is 1.79. The summed E-state index contributed by atoms with van der Waals surface area (Å²) in [4.78, 5) is 5.31. The van der Waals surface area contributed by atoms with Crippen LogP contribution < -0.4 is 10.6 Å². The van der Waals surface area contributed by atoms with E-state index in [1.165, 1.54) is 21.7 Å². The lowest BCUT2D eigenvalue weighted by atomic mass is 10.1. The summed E-state index contributed by atoms with van der Waals surface area (Å²) in [5.74, 6) is 0. The number of nitrogens with one attached hydrogen (secondary N) is 2. The normalized spacial score (nSPS) is 21.0. The van der Waals surface area contributed by atoms with Crippen molar-refractivity contribution < 1.29 is 0 Å². The highest BCUT2D eigenvalue weighted by atomic mass is 32.2. The fraction of sp³-hybridized carbons (Fsp3) is 0.312. The van der Waals surface area contributed by atoms with Crippen molar-refractivity contribution in [1.29, 1.82) is 0 Å². The van der Waals surface area contributed by atoms with Crippen LogP contribution in [0.1, 0.15) is 28.6 Å². The zero-order valence-corrected chi connectivity index (χ0v) is 14.3. The lowest BCUT2D eigenvalue weighted by Crippen LogP contribution is -2.42. The molecule has 1 unspecified atom stereocenters. The molecule has 0 saturated heterocycles. The minimum atomic E-state index is -0.232. The van der Waals surface area contributed by atoms with Crippen LogP contribution in [0.15, 0.2) is 29.1 Å². The van der Waals surface area contributed by atoms with Gasteiger partial charge in [-0.05, 0) is 50.3 Å². The van der Waals surface area contributed by atoms with Gasteiger partial charge in [-0.15, -0.1) is 11.3 Å². The van der Waals surface area contributed by atoms with Crippen LogP contribution in [-0.4, -0.2) is 9.98 Å². The maximum atomic E-state index is 4.33. The maximum absolute atomic E-state index is 4.33. The average Bonchev–Trinajstić information content (AvgIpc) is 3.02. The SMILES string of the molecule is Cc1cccc(NC2(C)NC(c3scnc3C)=CS2)c1C. The van der Waals surface area contributed by atoms with E-state index in [9.17, 15) is 0 Å². The second-order valence-electron chi connectivity index (χ2n) is 5.45. The van der Waals surface area contributed by atoms with Crippen LogP contribution in [-0.2, 0) is 0 Å². The Hall–Kier alpha value is -1.46. The number of rotatable bonds is 3. The highest BCUT2D eigenvalue weighted by Crippen LogP contribution is 2.38. The largest absolute Gasteiger partial charge is 0.354 e. The van der Waals surface area contributed by atoms with Crippen molar-refractivity contribution >= 4 is 34.5 Å². The molecule has 2 aromatic rings. The summed E-state index contributed by atoms with van der Waals surface area (Å²) in [6.07, 6.45) is 0. The number of anilines is 1. The third-order valence-electron chi connectivity index (χ3n) is 3.75. The Morgan fingerprint density at radius 2 is 2.05 bits per heavy atom. The molecule has 0 fully saturated rings. The molecular weight excluding hydrogens is 298 g/mol. The van der Waals surface area contributed by atoms with E-state index < -0.39 is 0 Å². The minimum absolute atomic E-state index is 0.232. The van der Waals surface area contributed by atoms with Crippen LogP contribution in [0.2, 0.25) is 0 Å². The second kappa shape index (κ2) is 5.39. The van der Waals surface area contributed by atoms with Gasteiger partial charge in [0.15, 0.2) is 4.99 Å². The highest BCUT2D eigenvalue weighted by molar-refractivity contribution is 8.04. The molecule has 1 aromatic carbocycles. The predicted molar refractivity (Wildman–Crippen MR) is 93.5 cm³/mol. The molecule has 1 atom stereocenters. The molecule has 110 valence electrons. The van der Waals surface area contributed by atoms with Gasteiger partial charge in [0.1, 0.15) is 0 Å². The van der Waals surface area contributed by atoms with E-state index in [1.807, 2.05) is 12.4 Å². The Bertz CT molecular complexity index is 705. The number of aryl methyl sites for hydroxylation is 2. The predicted octanol–water partition coefficient (Wildman–Crippen LogP) is 4.49. The molecular formula is C16H19N3S2. The van der Waals surface area contributed by atoms with Crippen LogP contribution in [0.5, 0.6) is 0 Å². The summed E-state index contributed by atoms with van der Waals surface area (Å²) in [6.45, 7) is 8.51. The molecule has 1 aliphatic rings. The Morgan fingerprint density at radius 3 is 2.76 bits per heavy atom. The second-order valence-corrected chi connectivity index (χ2v) is 7.59. The fourth-order valence-corrected chi connectivity index (χ4v) is 4.09. The number of thiazole rings is 1.